The lowest BCUT2D eigenvalue weighted by Crippen LogP contribution is -2.40. The predicted octanol–water partition coefficient (Wildman–Crippen LogP) is 4.22. The molecule has 1 aliphatic rings. The first kappa shape index (κ1) is 24.3. The van der Waals surface area contributed by atoms with Crippen molar-refractivity contribution in [3.63, 3.8) is 0 Å². The van der Waals surface area contributed by atoms with E-state index in [1.165, 1.54) is 0 Å². The van der Waals surface area contributed by atoms with Crippen LogP contribution in [-0.4, -0.2) is 49.5 Å². The molecule has 1 aliphatic heterocycles. The molecule has 2 aromatic carbocycles. The first-order valence-electron chi connectivity index (χ1n) is 12.4. The number of anilines is 2. The van der Waals surface area contributed by atoms with Gasteiger partial charge in [0.15, 0.2) is 5.65 Å². The molecule has 9 heteroatoms. The van der Waals surface area contributed by atoms with Gasteiger partial charge in [0, 0.05) is 55.4 Å². The van der Waals surface area contributed by atoms with Crippen molar-refractivity contribution in [1.82, 2.24) is 19.5 Å². The topological polar surface area (TPSA) is 112 Å². The zero-order valence-electron chi connectivity index (χ0n) is 20.9. The summed E-state index contributed by atoms with van der Waals surface area (Å²) in [6.07, 6.45) is 3.11. The minimum Gasteiger partial charge on any atom is -0.507 e. The van der Waals surface area contributed by atoms with Gasteiger partial charge >= 0.3 is 0 Å². The zero-order valence-corrected chi connectivity index (χ0v) is 20.9. The zero-order chi connectivity index (χ0) is 25.9. The van der Waals surface area contributed by atoms with E-state index < -0.39 is 0 Å². The van der Waals surface area contributed by atoms with Crippen LogP contribution in [-0.2, 0) is 16.1 Å². The summed E-state index contributed by atoms with van der Waals surface area (Å²) >= 11 is 0. The molecule has 0 bridgehead atoms. The molecule has 0 aliphatic carbocycles. The van der Waals surface area contributed by atoms with Gasteiger partial charge < -0.3 is 20.6 Å². The first-order chi connectivity index (χ1) is 17.9. The number of piperidine rings is 1. The third-order valence-electron chi connectivity index (χ3n) is 6.81. The van der Waals surface area contributed by atoms with Crippen molar-refractivity contribution in [2.45, 2.75) is 33.2 Å². The molecule has 0 radical (unpaired) electrons. The number of nitrogens with one attached hydrogen (secondary N) is 2. The minimum absolute atomic E-state index is 0.0107. The van der Waals surface area contributed by atoms with Crippen molar-refractivity contribution < 1.29 is 14.7 Å². The Bertz CT molecular complexity index is 1460. The number of aromatic hydroxyl groups is 1. The Kier molecular flexibility index (Phi) is 6.76. The maximum Gasteiger partial charge on any atom is 0.227 e. The Morgan fingerprint density at radius 2 is 1.86 bits per heavy atom. The standard InChI is InChI=1S/C28H30N6O3/c1-18-16-30-34-26(15-24(32-27(18)34)23-8-3-4-9-25(23)36)29-17-20-6-5-7-22(14-20)31-28(37)21-10-12-33(13-11-21)19(2)35/h3-9,14-16,21,29,36H,10-13,17H2,1-2H3,(H,31,37). The van der Waals surface area contributed by atoms with E-state index in [0.29, 0.717) is 49.4 Å². The Labute approximate surface area is 215 Å². The smallest absolute Gasteiger partial charge is 0.227 e. The number of likely N-dealkylation sites (tertiary alicyclic amines) is 1. The molecule has 37 heavy (non-hydrogen) atoms. The summed E-state index contributed by atoms with van der Waals surface area (Å²) in [7, 11) is 0. The normalized spacial score (nSPS) is 14.1. The second-order valence-corrected chi connectivity index (χ2v) is 9.43. The van der Waals surface area contributed by atoms with Crippen LogP contribution in [0.5, 0.6) is 5.75 Å². The van der Waals surface area contributed by atoms with Crippen LogP contribution in [0.15, 0.2) is 60.8 Å². The fourth-order valence-corrected chi connectivity index (χ4v) is 4.68. The highest BCUT2D eigenvalue weighted by Crippen LogP contribution is 2.30. The summed E-state index contributed by atoms with van der Waals surface area (Å²) in [6, 6.07) is 16.7. The highest BCUT2D eigenvalue weighted by atomic mass is 16.3. The lowest BCUT2D eigenvalue weighted by atomic mass is 9.95. The van der Waals surface area contributed by atoms with E-state index in [0.717, 1.165) is 22.6 Å². The van der Waals surface area contributed by atoms with Crippen LogP contribution in [0.1, 0.15) is 30.9 Å². The molecule has 2 amide bonds. The van der Waals surface area contributed by atoms with Crippen molar-refractivity contribution in [1.29, 1.82) is 0 Å². The van der Waals surface area contributed by atoms with Crippen molar-refractivity contribution in [3.05, 3.63) is 71.9 Å². The van der Waals surface area contributed by atoms with E-state index in [2.05, 4.69) is 15.7 Å². The molecule has 3 heterocycles. The summed E-state index contributed by atoms with van der Waals surface area (Å²) in [4.78, 5) is 30.9. The van der Waals surface area contributed by atoms with E-state index in [1.807, 2.05) is 49.4 Å². The molecular weight excluding hydrogens is 468 g/mol. The maximum absolute atomic E-state index is 12.8. The number of fused-ring (bicyclic) bond motifs is 1. The number of hydrogen-bond donors (Lipinski definition) is 3. The molecular formula is C28H30N6O3. The van der Waals surface area contributed by atoms with Gasteiger partial charge in [0.1, 0.15) is 11.6 Å². The van der Waals surface area contributed by atoms with Crippen LogP contribution in [0.25, 0.3) is 16.9 Å². The van der Waals surface area contributed by atoms with E-state index >= 15 is 0 Å². The number of carbonyl (C=O) groups excluding carboxylic acids is 2. The van der Waals surface area contributed by atoms with Crippen LogP contribution < -0.4 is 10.6 Å². The van der Waals surface area contributed by atoms with Crippen LogP contribution in [0.4, 0.5) is 11.5 Å². The third-order valence-corrected chi connectivity index (χ3v) is 6.81. The fraction of sp³-hybridized carbons (Fsp3) is 0.286. The summed E-state index contributed by atoms with van der Waals surface area (Å²) in [5.74, 6) is 0.853. The number of carbonyl (C=O) groups is 2. The van der Waals surface area contributed by atoms with Gasteiger partial charge in [-0.05, 0) is 49.6 Å². The number of hydrogen-bond acceptors (Lipinski definition) is 6. The quantitative estimate of drug-likeness (QED) is 0.367. The predicted molar refractivity (Wildman–Crippen MR) is 142 cm³/mol. The monoisotopic (exact) mass is 498 g/mol. The lowest BCUT2D eigenvalue weighted by molar-refractivity contribution is -0.132. The highest BCUT2D eigenvalue weighted by Gasteiger charge is 2.26. The number of phenols is 1. The second-order valence-electron chi connectivity index (χ2n) is 9.43. The van der Waals surface area contributed by atoms with Crippen LogP contribution in [0.3, 0.4) is 0 Å². The molecule has 5 rings (SSSR count). The van der Waals surface area contributed by atoms with Crippen LogP contribution in [0.2, 0.25) is 0 Å². The SMILES string of the molecule is CC(=O)N1CCC(C(=O)Nc2cccc(CNc3cc(-c4ccccc4O)nc4c(C)cnn34)c2)CC1. The number of para-hydroxylation sites is 1. The summed E-state index contributed by atoms with van der Waals surface area (Å²) in [6.45, 7) is 5.25. The third kappa shape index (κ3) is 5.25. The van der Waals surface area contributed by atoms with Crippen molar-refractivity contribution in [2.75, 3.05) is 23.7 Å². The van der Waals surface area contributed by atoms with E-state index in [1.54, 1.807) is 34.7 Å². The van der Waals surface area contributed by atoms with Gasteiger partial charge in [-0.15, -0.1) is 0 Å². The van der Waals surface area contributed by atoms with E-state index in [9.17, 15) is 14.7 Å². The molecule has 0 spiro atoms. The van der Waals surface area contributed by atoms with Crippen molar-refractivity contribution in [3.8, 4) is 17.0 Å². The van der Waals surface area contributed by atoms with Gasteiger partial charge in [-0.1, -0.05) is 24.3 Å². The van der Waals surface area contributed by atoms with Gasteiger partial charge in [0.05, 0.1) is 11.9 Å². The molecule has 1 fully saturated rings. The minimum atomic E-state index is -0.0987. The number of amides is 2. The molecule has 2 aromatic heterocycles. The van der Waals surface area contributed by atoms with E-state index in [4.69, 9.17) is 4.98 Å². The second kappa shape index (κ2) is 10.3. The molecule has 190 valence electrons. The van der Waals surface area contributed by atoms with Gasteiger partial charge in [-0.25, -0.2) is 4.98 Å². The average molecular weight is 499 g/mol. The Morgan fingerprint density at radius 3 is 2.62 bits per heavy atom. The van der Waals surface area contributed by atoms with Gasteiger partial charge in [-0.3, -0.25) is 9.59 Å². The number of benzene rings is 2. The van der Waals surface area contributed by atoms with Crippen LogP contribution in [0, 0.1) is 12.8 Å². The van der Waals surface area contributed by atoms with Crippen molar-refractivity contribution >= 4 is 29.0 Å². The maximum atomic E-state index is 12.8. The molecule has 4 aromatic rings. The number of aryl methyl sites for hydroxylation is 1. The molecule has 1 saturated heterocycles. The summed E-state index contributed by atoms with van der Waals surface area (Å²) in [5, 5.41) is 21.3. The summed E-state index contributed by atoms with van der Waals surface area (Å²) < 4.78 is 1.75. The Balaban J connectivity index is 1.30. The Morgan fingerprint density at radius 1 is 1.08 bits per heavy atom. The van der Waals surface area contributed by atoms with Crippen molar-refractivity contribution in [2.24, 2.45) is 5.92 Å². The first-order valence-corrected chi connectivity index (χ1v) is 12.4. The van der Waals surface area contributed by atoms with Gasteiger partial charge in [-0.2, -0.15) is 9.61 Å². The fourth-order valence-electron chi connectivity index (χ4n) is 4.68. The Hall–Kier alpha value is -4.40. The van der Waals surface area contributed by atoms with Gasteiger partial charge in [0.25, 0.3) is 0 Å². The lowest BCUT2D eigenvalue weighted by Gasteiger charge is -2.30. The van der Waals surface area contributed by atoms with Gasteiger partial charge in [0.2, 0.25) is 11.8 Å². The number of rotatable bonds is 6. The van der Waals surface area contributed by atoms with Crippen LogP contribution >= 0.6 is 0 Å². The molecule has 0 unspecified atom stereocenters. The summed E-state index contributed by atoms with van der Waals surface area (Å²) in [5.41, 5.74) is 4.66. The number of phenolic OH excluding ortho intramolecular Hbond substituents is 1. The molecule has 3 N–H and O–H groups in total. The molecule has 0 saturated carbocycles. The average Bonchev–Trinajstić information content (AvgIpc) is 3.28. The number of aromatic nitrogens is 3. The number of nitrogens with zero attached hydrogens (tertiary/aromatic N) is 4. The highest BCUT2D eigenvalue weighted by molar-refractivity contribution is 5.92. The molecule has 9 nitrogen and oxygen atoms in total. The molecule has 0 atom stereocenters. The largest absolute Gasteiger partial charge is 0.507 e. The van der Waals surface area contributed by atoms with E-state index in [-0.39, 0.29) is 23.5 Å².